The molecule has 0 atom stereocenters. The smallest absolute Gasteiger partial charge is 0.268 e. The van der Waals surface area contributed by atoms with E-state index in [1.807, 2.05) is 25.2 Å². The molecule has 0 bridgehead atoms. The lowest BCUT2D eigenvalue weighted by Crippen LogP contribution is -2.31. The molecule has 24 heavy (non-hydrogen) atoms. The molecule has 0 aliphatic heterocycles. The summed E-state index contributed by atoms with van der Waals surface area (Å²) in [5.41, 5.74) is 3.28. The lowest BCUT2D eigenvalue weighted by atomic mass is 10.1. The Balaban J connectivity index is 1.79. The molecule has 0 N–H and O–H groups in total. The van der Waals surface area contributed by atoms with E-state index in [1.54, 1.807) is 23.5 Å². The summed E-state index contributed by atoms with van der Waals surface area (Å²) in [5, 5.41) is 4.53. The van der Waals surface area contributed by atoms with Gasteiger partial charge >= 0.3 is 0 Å². The summed E-state index contributed by atoms with van der Waals surface area (Å²) in [4.78, 5) is 16.6. The van der Waals surface area contributed by atoms with Crippen molar-refractivity contribution in [1.82, 2.24) is 14.7 Å². The van der Waals surface area contributed by atoms with Crippen molar-refractivity contribution in [2.75, 3.05) is 7.05 Å². The van der Waals surface area contributed by atoms with Crippen molar-refractivity contribution < 1.29 is 0 Å². The van der Waals surface area contributed by atoms with Crippen LogP contribution in [0.4, 0.5) is 0 Å². The van der Waals surface area contributed by atoms with Crippen LogP contribution in [0.25, 0.3) is 10.6 Å². The van der Waals surface area contributed by atoms with Crippen molar-refractivity contribution in [2.24, 2.45) is 0 Å². The van der Waals surface area contributed by atoms with Gasteiger partial charge in [-0.1, -0.05) is 24.3 Å². The molecule has 1 aromatic carbocycles. The summed E-state index contributed by atoms with van der Waals surface area (Å²) in [7, 11) is 2.00. The van der Waals surface area contributed by atoms with Crippen LogP contribution < -0.4 is 5.56 Å². The van der Waals surface area contributed by atoms with E-state index in [-0.39, 0.29) is 5.56 Å². The highest BCUT2D eigenvalue weighted by molar-refractivity contribution is 7.15. The first-order valence-corrected chi connectivity index (χ1v) is 8.72. The van der Waals surface area contributed by atoms with Crippen molar-refractivity contribution in [2.45, 2.75) is 27.1 Å². The van der Waals surface area contributed by atoms with Gasteiger partial charge in [0, 0.05) is 17.5 Å². The zero-order valence-corrected chi connectivity index (χ0v) is 15.0. The van der Waals surface area contributed by atoms with E-state index in [2.05, 4.69) is 42.0 Å². The number of hydrogen-bond acceptors (Lipinski definition) is 4. The van der Waals surface area contributed by atoms with Crippen LogP contribution in [0.2, 0.25) is 0 Å². The van der Waals surface area contributed by atoms with Crippen molar-refractivity contribution in [3.05, 3.63) is 74.9 Å². The lowest BCUT2D eigenvalue weighted by Gasteiger charge is -2.18. The summed E-state index contributed by atoms with van der Waals surface area (Å²) in [6, 6.07) is 15.8. The number of nitrogens with zero attached hydrogens (tertiary/aromatic N) is 3. The highest BCUT2D eigenvalue weighted by Crippen LogP contribution is 2.25. The van der Waals surface area contributed by atoms with Gasteiger partial charge in [0.15, 0.2) is 0 Å². The molecule has 0 unspecified atom stereocenters. The molecule has 0 amide bonds. The number of hydrogen-bond donors (Lipinski definition) is 0. The van der Waals surface area contributed by atoms with Gasteiger partial charge < -0.3 is 0 Å². The molecule has 0 aliphatic rings. The minimum Gasteiger partial charge on any atom is -0.283 e. The molecule has 0 radical (unpaired) electrons. The maximum absolute atomic E-state index is 12.1. The van der Waals surface area contributed by atoms with E-state index in [0.717, 1.165) is 17.1 Å². The SMILES string of the molecule is Cc1ccc(-c2ccc(=O)n(CN(C)Cc3ccccc3C)n2)s1. The van der Waals surface area contributed by atoms with E-state index in [9.17, 15) is 4.79 Å². The van der Waals surface area contributed by atoms with Gasteiger partial charge in [-0.15, -0.1) is 11.3 Å². The number of rotatable bonds is 5. The Bertz CT molecular complexity index is 897. The van der Waals surface area contributed by atoms with Gasteiger partial charge in [-0.3, -0.25) is 9.69 Å². The molecule has 3 rings (SSSR count). The van der Waals surface area contributed by atoms with Gasteiger partial charge in [0.2, 0.25) is 0 Å². The average Bonchev–Trinajstić information content (AvgIpc) is 2.98. The third-order valence-electron chi connectivity index (χ3n) is 3.94. The largest absolute Gasteiger partial charge is 0.283 e. The second-order valence-electron chi connectivity index (χ2n) is 6.05. The van der Waals surface area contributed by atoms with Gasteiger partial charge in [0.25, 0.3) is 5.56 Å². The number of aryl methyl sites for hydroxylation is 2. The first-order chi connectivity index (χ1) is 11.5. The van der Waals surface area contributed by atoms with Crippen LogP contribution in [0.5, 0.6) is 0 Å². The summed E-state index contributed by atoms with van der Waals surface area (Å²) in [5.74, 6) is 0. The van der Waals surface area contributed by atoms with Crippen LogP contribution in [0.1, 0.15) is 16.0 Å². The van der Waals surface area contributed by atoms with Gasteiger partial charge in [-0.05, 0) is 50.2 Å². The first-order valence-electron chi connectivity index (χ1n) is 7.91. The number of thiophene rings is 1. The van der Waals surface area contributed by atoms with E-state index in [1.165, 1.54) is 20.7 Å². The van der Waals surface area contributed by atoms with Crippen LogP contribution in [0, 0.1) is 13.8 Å². The number of benzene rings is 1. The fourth-order valence-corrected chi connectivity index (χ4v) is 3.44. The Morgan fingerprint density at radius 3 is 2.58 bits per heavy atom. The summed E-state index contributed by atoms with van der Waals surface area (Å²) in [6.45, 7) is 5.42. The predicted octanol–water partition coefficient (Wildman–Crippen LogP) is 3.68. The minimum atomic E-state index is -0.0799. The monoisotopic (exact) mass is 339 g/mol. The molecule has 3 aromatic rings. The zero-order chi connectivity index (χ0) is 17.1. The van der Waals surface area contributed by atoms with Crippen molar-refractivity contribution in [3.63, 3.8) is 0 Å². The van der Waals surface area contributed by atoms with E-state index in [4.69, 9.17) is 0 Å². The molecule has 2 aromatic heterocycles. The Morgan fingerprint density at radius 1 is 1.08 bits per heavy atom. The first kappa shape index (κ1) is 16.6. The standard InChI is InChI=1S/C19H21N3OS/c1-14-6-4-5-7-16(14)12-21(3)13-22-19(23)11-9-17(20-22)18-10-8-15(2)24-18/h4-11H,12-13H2,1-3H3. The van der Waals surface area contributed by atoms with Crippen LogP contribution in [-0.4, -0.2) is 21.7 Å². The average molecular weight is 339 g/mol. The van der Waals surface area contributed by atoms with Crippen LogP contribution >= 0.6 is 11.3 Å². The maximum atomic E-state index is 12.1. The summed E-state index contributed by atoms with van der Waals surface area (Å²) >= 11 is 1.69. The Hall–Kier alpha value is -2.24. The molecule has 0 saturated carbocycles. The molecule has 0 fully saturated rings. The van der Waals surface area contributed by atoms with Gasteiger partial charge in [0.05, 0.1) is 11.5 Å². The number of aromatic nitrogens is 2. The molecule has 5 heteroatoms. The molecule has 0 spiro atoms. The molecule has 0 saturated heterocycles. The molecular formula is C19H21N3OS. The van der Waals surface area contributed by atoms with Crippen LogP contribution in [0.3, 0.4) is 0 Å². The third kappa shape index (κ3) is 3.80. The van der Waals surface area contributed by atoms with Crippen molar-refractivity contribution in [3.8, 4) is 10.6 Å². The van der Waals surface area contributed by atoms with E-state index < -0.39 is 0 Å². The quantitative estimate of drug-likeness (QED) is 0.712. The molecular weight excluding hydrogens is 318 g/mol. The molecule has 124 valence electrons. The molecule has 2 heterocycles. The highest BCUT2D eigenvalue weighted by Gasteiger charge is 2.08. The van der Waals surface area contributed by atoms with Crippen LogP contribution in [0.15, 0.2) is 53.3 Å². The maximum Gasteiger partial charge on any atom is 0.268 e. The van der Waals surface area contributed by atoms with Gasteiger partial charge in [-0.2, -0.15) is 5.10 Å². The Labute approximate surface area is 146 Å². The van der Waals surface area contributed by atoms with Gasteiger partial charge in [-0.25, -0.2) is 4.68 Å². The summed E-state index contributed by atoms with van der Waals surface area (Å²) < 4.78 is 1.53. The normalized spacial score (nSPS) is 11.2. The van der Waals surface area contributed by atoms with Crippen molar-refractivity contribution in [1.29, 1.82) is 0 Å². The predicted molar refractivity (Wildman–Crippen MR) is 99.2 cm³/mol. The third-order valence-corrected chi connectivity index (χ3v) is 4.96. The topological polar surface area (TPSA) is 38.1 Å². The fraction of sp³-hybridized carbons (Fsp3) is 0.263. The second-order valence-corrected chi connectivity index (χ2v) is 7.34. The van der Waals surface area contributed by atoms with Crippen LogP contribution in [-0.2, 0) is 13.2 Å². The minimum absolute atomic E-state index is 0.0799. The lowest BCUT2D eigenvalue weighted by molar-refractivity contribution is 0.240. The van der Waals surface area contributed by atoms with E-state index >= 15 is 0 Å². The van der Waals surface area contributed by atoms with E-state index in [0.29, 0.717) is 6.67 Å². The Kier molecular flexibility index (Phi) is 4.92. The second kappa shape index (κ2) is 7.11. The summed E-state index contributed by atoms with van der Waals surface area (Å²) in [6.07, 6.45) is 0. The fourth-order valence-electron chi connectivity index (χ4n) is 2.61. The zero-order valence-electron chi connectivity index (χ0n) is 14.2. The highest BCUT2D eigenvalue weighted by atomic mass is 32.1. The molecule has 4 nitrogen and oxygen atoms in total. The van der Waals surface area contributed by atoms with Gasteiger partial charge in [0.1, 0.15) is 5.69 Å². The van der Waals surface area contributed by atoms with Crippen molar-refractivity contribution >= 4 is 11.3 Å². The Morgan fingerprint density at radius 2 is 1.88 bits per heavy atom. The molecule has 0 aliphatic carbocycles.